The van der Waals surface area contributed by atoms with Gasteiger partial charge in [0.25, 0.3) is 0 Å². The van der Waals surface area contributed by atoms with E-state index in [9.17, 15) is 0 Å². The highest BCUT2D eigenvalue weighted by Gasteiger charge is 2.11. The minimum Gasteiger partial charge on any atom is -0.480 e. The Labute approximate surface area is 140 Å². The van der Waals surface area contributed by atoms with E-state index in [0.29, 0.717) is 18.4 Å². The number of rotatable bonds is 6. The molecule has 0 N–H and O–H groups in total. The topological polar surface area (TPSA) is 66.4 Å². The molecule has 1 aromatic carbocycles. The van der Waals surface area contributed by atoms with Crippen molar-refractivity contribution in [1.82, 2.24) is 15.0 Å². The summed E-state index contributed by atoms with van der Waals surface area (Å²) >= 11 is 0. The van der Waals surface area contributed by atoms with Crippen LogP contribution in [0, 0.1) is 0 Å². The second kappa shape index (κ2) is 7.41. The van der Waals surface area contributed by atoms with Gasteiger partial charge in [-0.15, -0.1) is 0 Å². The first-order chi connectivity index (χ1) is 11.8. The Morgan fingerprint density at radius 3 is 2.38 bits per heavy atom. The van der Waals surface area contributed by atoms with E-state index in [1.807, 2.05) is 42.5 Å². The molecule has 6 heteroatoms. The second-order valence-corrected chi connectivity index (χ2v) is 4.94. The number of pyridine rings is 1. The highest BCUT2D eigenvalue weighted by molar-refractivity contribution is 5.67. The average molecular weight is 323 g/mol. The van der Waals surface area contributed by atoms with Gasteiger partial charge >= 0.3 is 6.01 Å². The van der Waals surface area contributed by atoms with Gasteiger partial charge in [0.05, 0.1) is 19.8 Å². The van der Waals surface area contributed by atoms with Crippen molar-refractivity contribution in [2.45, 2.75) is 6.61 Å². The van der Waals surface area contributed by atoms with E-state index >= 15 is 0 Å². The van der Waals surface area contributed by atoms with Gasteiger partial charge in [-0.1, -0.05) is 30.3 Å². The Morgan fingerprint density at radius 2 is 1.71 bits per heavy atom. The Balaban J connectivity index is 1.75. The van der Waals surface area contributed by atoms with Crippen LogP contribution in [0.3, 0.4) is 0 Å². The van der Waals surface area contributed by atoms with Gasteiger partial charge < -0.3 is 14.2 Å². The maximum absolute atomic E-state index is 5.68. The molecule has 0 aliphatic heterocycles. The van der Waals surface area contributed by atoms with E-state index in [4.69, 9.17) is 14.2 Å². The molecule has 3 aromatic rings. The molecule has 122 valence electrons. The summed E-state index contributed by atoms with van der Waals surface area (Å²) in [4.78, 5) is 12.6. The summed E-state index contributed by atoms with van der Waals surface area (Å²) in [6, 6.07) is 13.9. The molecule has 0 spiro atoms. The minimum atomic E-state index is 0.256. The van der Waals surface area contributed by atoms with Gasteiger partial charge in [0.1, 0.15) is 6.61 Å². The third kappa shape index (κ3) is 3.60. The highest BCUT2D eigenvalue weighted by Crippen LogP contribution is 2.29. The van der Waals surface area contributed by atoms with Crippen LogP contribution in [0.5, 0.6) is 17.8 Å². The molecule has 0 bridgehead atoms. The number of aromatic nitrogens is 3. The summed E-state index contributed by atoms with van der Waals surface area (Å²) < 4.78 is 16.0. The zero-order valence-corrected chi connectivity index (χ0v) is 13.5. The number of hydrogen-bond acceptors (Lipinski definition) is 6. The van der Waals surface area contributed by atoms with E-state index < -0.39 is 0 Å². The van der Waals surface area contributed by atoms with Crippen LogP contribution >= 0.6 is 0 Å². The van der Waals surface area contributed by atoms with Gasteiger partial charge in [-0.2, -0.15) is 4.98 Å². The number of nitrogens with zero attached hydrogens (tertiary/aromatic N) is 3. The van der Waals surface area contributed by atoms with Gasteiger partial charge in [-0.05, 0) is 11.6 Å². The summed E-state index contributed by atoms with van der Waals surface area (Å²) in [7, 11) is 3.06. The second-order valence-electron chi connectivity index (χ2n) is 4.94. The van der Waals surface area contributed by atoms with E-state index in [2.05, 4.69) is 15.0 Å². The van der Waals surface area contributed by atoms with Gasteiger partial charge in [0.2, 0.25) is 11.8 Å². The molecule has 0 unspecified atom stereocenters. The van der Waals surface area contributed by atoms with Crippen LogP contribution in [0.15, 0.2) is 54.9 Å². The fourth-order valence-electron chi connectivity index (χ4n) is 2.16. The van der Waals surface area contributed by atoms with Crippen LogP contribution < -0.4 is 14.2 Å². The standard InChI is InChI=1S/C18H17N3O3/c1-22-17-15(11-20-18(21-17)23-2)14-8-9-16(19-10-14)24-12-13-6-4-3-5-7-13/h3-11H,12H2,1-2H3. The number of hydrogen-bond donors (Lipinski definition) is 0. The van der Waals surface area contributed by atoms with E-state index in [-0.39, 0.29) is 6.01 Å². The Hall–Kier alpha value is -3.15. The lowest BCUT2D eigenvalue weighted by atomic mass is 10.1. The van der Waals surface area contributed by atoms with Crippen LogP contribution in [0.25, 0.3) is 11.1 Å². The van der Waals surface area contributed by atoms with Crippen molar-refractivity contribution in [3.8, 4) is 28.9 Å². The van der Waals surface area contributed by atoms with Gasteiger partial charge in [0, 0.05) is 24.0 Å². The largest absolute Gasteiger partial charge is 0.480 e. The van der Waals surface area contributed by atoms with Crippen LogP contribution in [-0.2, 0) is 6.61 Å². The van der Waals surface area contributed by atoms with Crippen molar-refractivity contribution in [2.24, 2.45) is 0 Å². The first-order valence-corrected chi connectivity index (χ1v) is 7.38. The molecular formula is C18H17N3O3. The van der Waals surface area contributed by atoms with E-state index in [1.165, 1.54) is 7.11 Å². The maximum Gasteiger partial charge on any atom is 0.319 e. The smallest absolute Gasteiger partial charge is 0.319 e. The SMILES string of the molecule is COc1ncc(-c2ccc(OCc3ccccc3)nc2)c(OC)n1. The fourth-order valence-corrected chi connectivity index (χ4v) is 2.16. The average Bonchev–Trinajstić information content (AvgIpc) is 2.67. The third-order valence-electron chi connectivity index (χ3n) is 3.38. The van der Waals surface area contributed by atoms with Crippen LogP contribution in [0.2, 0.25) is 0 Å². The summed E-state index contributed by atoms with van der Waals surface area (Å²) in [5.41, 5.74) is 2.66. The first kappa shape index (κ1) is 15.7. The molecule has 3 rings (SSSR count). The Bertz CT molecular complexity index is 792. The molecule has 0 fully saturated rings. The van der Waals surface area contributed by atoms with Crippen LogP contribution in [0.1, 0.15) is 5.56 Å². The highest BCUT2D eigenvalue weighted by atomic mass is 16.5. The Kier molecular flexibility index (Phi) is 4.86. The van der Waals surface area contributed by atoms with Crippen molar-refractivity contribution in [3.63, 3.8) is 0 Å². The predicted molar refractivity (Wildman–Crippen MR) is 89.1 cm³/mol. The summed E-state index contributed by atoms with van der Waals surface area (Å²) in [6.45, 7) is 0.474. The molecule has 24 heavy (non-hydrogen) atoms. The lowest BCUT2D eigenvalue weighted by Gasteiger charge is -2.09. The van der Waals surface area contributed by atoms with Crippen molar-refractivity contribution in [2.75, 3.05) is 14.2 Å². The fraction of sp³-hybridized carbons (Fsp3) is 0.167. The van der Waals surface area contributed by atoms with Gasteiger partial charge in [0.15, 0.2) is 0 Å². The number of ether oxygens (including phenoxy) is 3. The monoisotopic (exact) mass is 323 g/mol. The first-order valence-electron chi connectivity index (χ1n) is 7.38. The maximum atomic E-state index is 5.68. The van der Waals surface area contributed by atoms with Gasteiger partial charge in [-0.25, -0.2) is 9.97 Å². The summed E-state index contributed by atoms with van der Waals surface area (Å²) in [5.74, 6) is 0.984. The minimum absolute atomic E-state index is 0.256. The molecule has 0 saturated heterocycles. The third-order valence-corrected chi connectivity index (χ3v) is 3.38. The van der Waals surface area contributed by atoms with Crippen LogP contribution in [-0.4, -0.2) is 29.2 Å². The van der Waals surface area contributed by atoms with Crippen molar-refractivity contribution < 1.29 is 14.2 Å². The summed E-state index contributed by atoms with van der Waals surface area (Å²) in [6.07, 6.45) is 3.35. The number of benzene rings is 1. The van der Waals surface area contributed by atoms with Crippen molar-refractivity contribution in [3.05, 3.63) is 60.4 Å². The summed E-state index contributed by atoms with van der Waals surface area (Å²) in [5, 5.41) is 0. The predicted octanol–water partition coefficient (Wildman–Crippen LogP) is 3.13. The quantitative estimate of drug-likeness (QED) is 0.694. The molecule has 0 atom stereocenters. The zero-order chi connectivity index (χ0) is 16.8. The molecule has 2 aromatic heterocycles. The number of methoxy groups -OCH3 is 2. The molecule has 0 saturated carbocycles. The van der Waals surface area contributed by atoms with Gasteiger partial charge in [-0.3, -0.25) is 0 Å². The molecule has 0 aliphatic carbocycles. The normalized spacial score (nSPS) is 10.2. The van der Waals surface area contributed by atoms with Crippen LogP contribution in [0.4, 0.5) is 0 Å². The lowest BCUT2D eigenvalue weighted by Crippen LogP contribution is -1.99. The lowest BCUT2D eigenvalue weighted by molar-refractivity contribution is 0.294. The molecule has 0 amide bonds. The molecule has 0 aliphatic rings. The van der Waals surface area contributed by atoms with Crippen molar-refractivity contribution in [1.29, 1.82) is 0 Å². The van der Waals surface area contributed by atoms with Crippen molar-refractivity contribution >= 4 is 0 Å². The molecule has 6 nitrogen and oxygen atoms in total. The zero-order valence-electron chi connectivity index (χ0n) is 13.5. The Morgan fingerprint density at radius 1 is 0.875 bits per heavy atom. The molecular weight excluding hydrogens is 306 g/mol. The molecule has 2 heterocycles. The molecule has 0 radical (unpaired) electrons. The van der Waals surface area contributed by atoms with E-state index in [1.54, 1.807) is 19.5 Å². The van der Waals surface area contributed by atoms with E-state index in [0.717, 1.165) is 16.7 Å².